The molecule has 0 fully saturated rings. The third-order valence-corrected chi connectivity index (χ3v) is 3.97. The Morgan fingerprint density at radius 2 is 1.57 bits per heavy atom. The van der Waals surface area contributed by atoms with E-state index >= 15 is 0 Å². The molecule has 0 saturated carbocycles. The first kappa shape index (κ1) is 18.1. The quantitative estimate of drug-likeness (QED) is 0.381. The molecule has 1 aliphatic carbocycles. The van der Waals surface area contributed by atoms with E-state index in [1.165, 1.54) is 38.5 Å². The first-order chi connectivity index (χ1) is 10.3. The number of nitrogens with two attached hydrogens (primary N) is 1. The van der Waals surface area contributed by atoms with E-state index in [0.717, 1.165) is 19.4 Å². The number of hydrogen-bond donors (Lipinski definition) is 3. The van der Waals surface area contributed by atoms with Gasteiger partial charge in [-0.15, -0.1) is 0 Å². The average Bonchev–Trinajstić information content (AvgIpc) is 2.76. The Labute approximate surface area is 130 Å². The van der Waals surface area contributed by atoms with E-state index in [-0.39, 0.29) is 0 Å². The van der Waals surface area contributed by atoms with Crippen LogP contribution in [0.4, 0.5) is 0 Å². The van der Waals surface area contributed by atoms with Gasteiger partial charge in [-0.1, -0.05) is 62.1 Å². The summed E-state index contributed by atoms with van der Waals surface area (Å²) in [5.74, 6) is 0.627. The molecule has 0 spiro atoms. The average molecular weight is 291 g/mol. The number of hydrazine groups is 1. The summed E-state index contributed by atoms with van der Waals surface area (Å²) in [6.07, 6.45) is 23.1. The smallest absolute Gasteiger partial charge is 0.0100 e. The maximum atomic E-state index is 6.13. The van der Waals surface area contributed by atoms with Crippen LogP contribution >= 0.6 is 0 Å². The van der Waals surface area contributed by atoms with Crippen molar-refractivity contribution in [3.05, 3.63) is 36.5 Å². The molecule has 0 amide bonds. The van der Waals surface area contributed by atoms with Gasteiger partial charge in [-0.2, -0.15) is 0 Å². The van der Waals surface area contributed by atoms with E-state index in [0.29, 0.717) is 12.0 Å². The van der Waals surface area contributed by atoms with Crippen LogP contribution in [0.15, 0.2) is 36.5 Å². The number of rotatable bonds is 12. The number of allylic oxidation sites excluding steroid dienone is 6. The summed E-state index contributed by atoms with van der Waals surface area (Å²) < 4.78 is 0. The summed E-state index contributed by atoms with van der Waals surface area (Å²) >= 11 is 0. The molecule has 0 aromatic rings. The Hall–Kier alpha value is -0.900. The predicted octanol–water partition coefficient (Wildman–Crippen LogP) is 3.46. The summed E-state index contributed by atoms with van der Waals surface area (Å²) in [6, 6.07) is 0.377. The lowest BCUT2D eigenvalue weighted by atomic mass is 9.98. The summed E-state index contributed by atoms with van der Waals surface area (Å²) in [5.41, 5.74) is 12.2. The topological polar surface area (TPSA) is 50.1 Å². The molecule has 0 heterocycles. The van der Waals surface area contributed by atoms with Gasteiger partial charge in [-0.25, -0.2) is 0 Å². The molecule has 21 heavy (non-hydrogen) atoms. The van der Waals surface area contributed by atoms with Crippen molar-refractivity contribution in [2.24, 2.45) is 11.7 Å². The summed E-state index contributed by atoms with van der Waals surface area (Å²) in [4.78, 5) is 0. The molecular weight excluding hydrogens is 258 g/mol. The van der Waals surface area contributed by atoms with Crippen molar-refractivity contribution >= 4 is 0 Å². The number of nitrogens with one attached hydrogen (secondary N) is 2. The van der Waals surface area contributed by atoms with Gasteiger partial charge in [-0.3, -0.25) is 10.9 Å². The van der Waals surface area contributed by atoms with Gasteiger partial charge in [0.2, 0.25) is 0 Å². The van der Waals surface area contributed by atoms with Crippen molar-refractivity contribution in [1.82, 2.24) is 10.9 Å². The monoisotopic (exact) mass is 291 g/mol. The van der Waals surface area contributed by atoms with Gasteiger partial charge in [0.15, 0.2) is 0 Å². The second-order valence-electron chi connectivity index (χ2n) is 5.89. The highest BCUT2D eigenvalue weighted by atomic mass is 15.3. The molecule has 0 aromatic carbocycles. The molecule has 3 nitrogen and oxygen atoms in total. The molecule has 1 aliphatic rings. The lowest BCUT2D eigenvalue weighted by Crippen LogP contribution is -2.30. The molecule has 0 bridgehead atoms. The van der Waals surface area contributed by atoms with Gasteiger partial charge in [0.1, 0.15) is 0 Å². The van der Waals surface area contributed by atoms with Gasteiger partial charge >= 0.3 is 0 Å². The Kier molecular flexibility index (Phi) is 11.1. The highest BCUT2D eigenvalue weighted by molar-refractivity contribution is 5.19. The minimum absolute atomic E-state index is 0.377. The van der Waals surface area contributed by atoms with Crippen molar-refractivity contribution in [3.63, 3.8) is 0 Å². The fourth-order valence-electron chi connectivity index (χ4n) is 2.66. The molecule has 0 saturated heterocycles. The van der Waals surface area contributed by atoms with Crippen LogP contribution in [0.5, 0.6) is 0 Å². The van der Waals surface area contributed by atoms with Crippen LogP contribution in [0.2, 0.25) is 0 Å². The molecule has 4 N–H and O–H groups in total. The Bertz CT molecular complexity index is 304. The Morgan fingerprint density at radius 1 is 0.905 bits per heavy atom. The minimum Gasteiger partial charge on any atom is -0.328 e. The van der Waals surface area contributed by atoms with Gasteiger partial charge in [0.25, 0.3) is 0 Å². The van der Waals surface area contributed by atoms with Crippen molar-refractivity contribution in [1.29, 1.82) is 0 Å². The van der Waals surface area contributed by atoms with E-state index in [9.17, 15) is 0 Å². The van der Waals surface area contributed by atoms with E-state index < -0.39 is 0 Å². The largest absolute Gasteiger partial charge is 0.328 e. The van der Waals surface area contributed by atoms with E-state index in [4.69, 9.17) is 5.73 Å². The zero-order valence-corrected chi connectivity index (χ0v) is 13.6. The van der Waals surface area contributed by atoms with Crippen LogP contribution in [0.25, 0.3) is 0 Å². The number of unbranched alkanes of at least 4 members (excludes halogenated alkanes) is 3. The van der Waals surface area contributed by atoms with E-state index in [1.807, 2.05) is 7.05 Å². The zero-order chi connectivity index (χ0) is 15.2. The standard InChI is InChI=1S/C18H33N3/c1-20-21-16-10-15-18(19)14-9-5-4-8-13-17-11-6-2-3-7-12-17/h2-3,6-7,11-12,17-18,20-21H,4-5,8-10,13-16,19H2,1H3. The zero-order valence-electron chi connectivity index (χ0n) is 13.6. The Balaban J connectivity index is 1.90. The molecule has 120 valence electrons. The SMILES string of the molecule is CNNCCCC(N)CCCCCCC1C=CC=CC=C1. The second kappa shape index (κ2) is 12.8. The third-order valence-electron chi connectivity index (χ3n) is 3.97. The maximum absolute atomic E-state index is 6.13. The van der Waals surface area contributed by atoms with Crippen LogP contribution in [0.1, 0.15) is 51.4 Å². The van der Waals surface area contributed by atoms with E-state index in [2.05, 4.69) is 47.3 Å². The van der Waals surface area contributed by atoms with Gasteiger partial charge in [-0.05, 0) is 38.6 Å². The molecule has 3 heteroatoms. The van der Waals surface area contributed by atoms with Crippen molar-refractivity contribution in [2.45, 2.75) is 57.4 Å². The molecular formula is C18H33N3. The first-order valence-electron chi connectivity index (χ1n) is 8.49. The summed E-state index contributed by atoms with van der Waals surface area (Å²) in [6.45, 7) is 1.00. The van der Waals surface area contributed by atoms with Gasteiger partial charge in [0, 0.05) is 12.6 Å². The summed E-state index contributed by atoms with van der Waals surface area (Å²) in [7, 11) is 1.90. The van der Waals surface area contributed by atoms with Crippen molar-refractivity contribution in [3.8, 4) is 0 Å². The van der Waals surface area contributed by atoms with Gasteiger partial charge < -0.3 is 5.73 Å². The maximum Gasteiger partial charge on any atom is 0.0100 e. The first-order valence-corrected chi connectivity index (χ1v) is 8.49. The van der Waals surface area contributed by atoms with Crippen LogP contribution in [0, 0.1) is 5.92 Å². The van der Waals surface area contributed by atoms with Crippen LogP contribution < -0.4 is 16.6 Å². The summed E-state index contributed by atoms with van der Waals surface area (Å²) in [5, 5.41) is 0. The molecule has 0 aliphatic heterocycles. The Morgan fingerprint density at radius 3 is 2.29 bits per heavy atom. The normalized spacial score (nSPS) is 16.3. The molecule has 1 atom stereocenters. The highest BCUT2D eigenvalue weighted by Crippen LogP contribution is 2.16. The number of hydrogen-bond acceptors (Lipinski definition) is 3. The van der Waals surface area contributed by atoms with Crippen LogP contribution in [-0.2, 0) is 0 Å². The third kappa shape index (κ3) is 10.5. The fraction of sp³-hybridized carbons (Fsp3) is 0.667. The van der Waals surface area contributed by atoms with E-state index in [1.54, 1.807) is 0 Å². The second-order valence-corrected chi connectivity index (χ2v) is 5.89. The van der Waals surface area contributed by atoms with Gasteiger partial charge in [0.05, 0.1) is 0 Å². The molecule has 0 aromatic heterocycles. The van der Waals surface area contributed by atoms with Crippen molar-refractivity contribution in [2.75, 3.05) is 13.6 Å². The lowest BCUT2D eigenvalue weighted by molar-refractivity contribution is 0.477. The molecule has 0 radical (unpaired) electrons. The predicted molar refractivity (Wildman–Crippen MR) is 92.9 cm³/mol. The van der Waals surface area contributed by atoms with Crippen LogP contribution in [-0.4, -0.2) is 19.6 Å². The van der Waals surface area contributed by atoms with Crippen LogP contribution in [0.3, 0.4) is 0 Å². The highest BCUT2D eigenvalue weighted by Gasteiger charge is 2.03. The van der Waals surface area contributed by atoms with Crippen molar-refractivity contribution < 1.29 is 0 Å². The minimum atomic E-state index is 0.377. The molecule has 1 unspecified atom stereocenters. The lowest BCUT2D eigenvalue weighted by Gasteiger charge is -2.12. The molecule has 1 rings (SSSR count). The fourth-order valence-corrected chi connectivity index (χ4v) is 2.66.